The second-order valence-electron chi connectivity index (χ2n) is 10.4. The molecule has 2 heterocycles. The molecule has 0 saturated heterocycles. The van der Waals surface area contributed by atoms with E-state index in [0.717, 1.165) is 54.1 Å². The quantitative estimate of drug-likeness (QED) is 0.443. The third-order valence-corrected chi connectivity index (χ3v) is 6.41. The molecule has 0 aliphatic carbocycles. The van der Waals surface area contributed by atoms with E-state index in [9.17, 15) is 4.39 Å². The van der Waals surface area contributed by atoms with Crippen molar-refractivity contribution in [2.45, 2.75) is 59.5 Å². The van der Waals surface area contributed by atoms with Crippen molar-refractivity contribution in [3.8, 4) is 22.5 Å². The molecule has 1 aromatic heterocycles. The Morgan fingerprint density at radius 3 is 2.29 bits per heavy atom. The maximum atomic E-state index is 14.2. The number of tetrazole rings is 1. The van der Waals surface area contributed by atoms with E-state index < -0.39 is 6.67 Å². The summed E-state index contributed by atoms with van der Waals surface area (Å²) >= 11 is 0. The highest BCUT2D eigenvalue weighted by atomic mass is 19.1. The number of hydrogen-bond acceptors (Lipinski definition) is 5. The molecule has 0 bridgehead atoms. The fourth-order valence-electron chi connectivity index (χ4n) is 4.54. The minimum Gasteiger partial charge on any atom is -0.351 e. The van der Waals surface area contributed by atoms with E-state index in [1.54, 1.807) is 0 Å². The Balaban J connectivity index is 1.58. The van der Waals surface area contributed by atoms with E-state index >= 15 is 0 Å². The third kappa shape index (κ3) is 5.13. The van der Waals surface area contributed by atoms with Gasteiger partial charge in [0.15, 0.2) is 5.82 Å². The van der Waals surface area contributed by atoms with Gasteiger partial charge in [0.1, 0.15) is 6.67 Å². The number of nitrogens with one attached hydrogen (secondary N) is 1. The van der Waals surface area contributed by atoms with Gasteiger partial charge < -0.3 is 9.80 Å². The molecule has 6 nitrogen and oxygen atoms in total. The van der Waals surface area contributed by atoms with Crippen molar-refractivity contribution in [2.24, 2.45) is 5.92 Å². The predicted molar refractivity (Wildman–Crippen MR) is 134 cm³/mol. The van der Waals surface area contributed by atoms with Crippen molar-refractivity contribution in [3.63, 3.8) is 0 Å². The predicted octanol–water partition coefficient (Wildman–Crippen LogP) is 6.02. The van der Waals surface area contributed by atoms with Crippen LogP contribution in [0.25, 0.3) is 22.5 Å². The number of hydrogen-bond donors (Lipinski definition) is 1. The summed E-state index contributed by atoms with van der Waals surface area (Å²) in [5.41, 5.74) is 6.23. The molecule has 180 valence electrons. The SMILES string of the molecule is CC(C)CCC1=C(CF)N(C(C)(C)C)CN1Cc1ccc(-c2ccccc2-c2nnn[nH]2)cc1. The number of halogens is 1. The lowest BCUT2D eigenvalue weighted by Gasteiger charge is -2.35. The van der Waals surface area contributed by atoms with Crippen molar-refractivity contribution in [2.75, 3.05) is 13.3 Å². The lowest BCUT2D eigenvalue weighted by atomic mass is 9.98. The Kier molecular flexibility index (Phi) is 7.00. The first-order chi connectivity index (χ1) is 16.3. The summed E-state index contributed by atoms with van der Waals surface area (Å²) in [6, 6.07) is 16.7. The average molecular weight is 463 g/mol. The molecule has 1 aliphatic rings. The van der Waals surface area contributed by atoms with Crippen LogP contribution in [0.2, 0.25) is 0 Å². The van der Waals surface area contributed by atoms with Crippen LogP contribution >= 0.6 is 0 Å². The van der Waals surface area contributed by atoms with Gasteiger partial charge in [-0.1, -0.05) is 62.4 Å². The third-order valence-electron chi connectivity index (χ3n) is 6.41. The van der Waals surface area contributed by atoms with E-state index in [2.05, 4.69) is 95.4 Å². The monoisotopic (exact) mass is 462 g/mol. The molecule has 0 atom stereocenters. The molecule has 0 saturated carbocycles. The minimum atomic E-state index is -0.423. The second-order valence-corrected chi connectivity index (χ2v) is 10.4. The zero-order valence-electron chi connectivity index (χ0n) is 20.8. The Labute approximate surface area is 201 Å². The number of benzene rings is 2. The molecule has 4 rings (SSSR count). The topological polar surface area (TPSA) is 60.9 Å². The Bertz CT molecular complexity index is 1110. The molecule has 3 aromatic rings. The fourth-order valence-corrected chi connectivity index (χ4v) is 4.54. The summed E-state index contributed by atoms with van der Waals surface area (Å²) in [7, 11) is 0. The van der Waals surface area contributed by atoms with Gasteiger partial charge in [0.05, 0.1) is 12.4 Å². The second kappa shape index (κ2) is 9.95. The summed E-state index contributed by atoms with van der Waals surface area (Å²) in [5, 5.41) is 14.4. The maximum absolute atomic E-state index is 14.2. The van der Waals surface area contributed by atoms with Gasteiger partial charge in [-0.3, -0.25) is 0 Å². The molecule has 0 unspecified atom stereocenters. The van der Waals surface area contributed by atoms with Gasteiger partial charge >= 0.3 is 0 Å². The number of H-pyrrole nitrogens is 1. The average Bonchev–Trinajstić information content (AvgIpc) is 3.46. The molecular formula is C27H35FN6. The van der Waals surface area contributed by atoms with Crippen LogP contribution in [0.4, 0.5) is 4.39 Å². The molecule has 0 fully saturated rings. The molecular weight excluding hydrogens is 427 g/mol. The molecule has 2 aromatic carbocycles. The Morgan fingerprint density at radius 1 is 1.00 bits per heavy atom. The van der Waals surface area contributed by atoms with Crippen molar-refractivity contribution in [3.05, 3.63) is 65.5 Å². The molecule has 0 radical (unpaired) electrons. The van der Waals surface area contributed by atoms with Gasteiger partial charge in [-0.25, -0.2) is 9.49 Å². The van der Waals surface area contributed by atoms with Crippen molar-refractivity contribution in [1.82, 2.24) is 30.4 Å². The van der Waals surface area contributed by atoms with E-state index in [0.29, 0.717) is 11.7 Å². The number of aromatic nitrogens is 4. The van der Waals surface area contributed by atoms with E-state index in [1.807, 2.05) is 18.2 Å². The van der Waals surface area contributed by atoms with E-state index in [1.165, 1.54) is 5.56 Å². The van der Waals surface area contributed by atoms with Crippen LogP contribution in [0.15, 0.2) is 59.9 Å². The van der Waals surface area contributed by atoms with Crippen LogP contribution in [-0.2, 0) is 6.54 Å². The van der Waals surface area contributed by atoms with Gasteiger partial charge in [0.25, 0.3) is 0 Å². The van der Waals surface area contributed by atoms with Gasteiger partial charge in [0, 0.05) is 23.3 Å². The number of alkyl halides is 1. The maximum Gasteiger partial charge on any atom is 0.180 e. The number of allylic oxidation sites excluding steroid dienone is 2. The highest BCUT2D eigenvalue weighted by Gasteiger charge is 2.34. The zero-order valence-corrected chi connectivity index (χ0v) is 20.8. The highest BCUT2D eigenvalue weighted by Crippen LogP contribution is 2.35. The molecule has 1 N–H and O–H groups in total. The van der Waals surface area contributed by atoms with Crippen LogP contribution in [0.1, 0.15) is 53.0 Å². The molecule has 0 spiro atoms. The first-order valence-electron chi connectivity index (χ1n) is 12.0. The Morgan fingerprint density at radius 2 is 1.71 bits per heavy atom. The summed E-state index contributed by atoms with van der Waals surface area (Å²) in [6.45, 7) is 12.0. The first-order valence-corrected chi connectivity index (χ1v) is 12.0. The normalized spacial score (nSPS) is 14.6. The Hall–Kier alpha value is -3.22. The summed E-state index contributed by atoms with van der Waals surface area (Å²) < 4.78 is 14.2. The molecule has 1 aliphatic heterocycles. The summed E-state index contributed by atoms with van der Waals surface area (Å²) in [5.74, 6) is 1.23. The van der Waals surface area contributed by atoms with Crippen LogP contribution in [0.5, 0.6) is 0 Å². The van der Waals surface area contributed by atoms with E-state index in [4.69, 9.17) is 0 Å². The molecule has 7 heteroatoms. The van der Waals surface area contributed by atoms with Crippen LogP contribution in [0.3, 0.4) is 0 Å². The summed E-state index contributed by atoms with van der Waals surface area (Å²) in [6.07, 6.45) is 1.96. The standard InChI is InChI=1S/C27H35FN6/c1-19(2)10-15-24-25(16-28)34(27(3,4)5)18-33(24)17-20-11-13-21(14-12-20)22-8-6-7-9-23(22)26-29-31-32-30-26/h6-9,11-14,19H,10,15-18H2,1-5H3,(H,29,30,31,32). The lowest BCUT2D eigenvalue weighted by Crippen LogP contribution is -2.41. The smallest absolute Gasteiger partial charge is 0.180 e. The van der Waals surface area contributed by atoms with Gasteiger partial charge in [-0.15, -0.1) is 5.10 Å². The molecule has 0 amide bonds. The summed E-state index contributed by atoms with van der Waals surface area (Å²) in [4.78, 5) is 4.57. The number of nitrogens with zero attached hydrogens (tertiary/aromatic N) is 5. The number of rotatable bonds is 8. The highest BCUT2D eigenvalue weighted by molar-refractivity contribution is 5.80. The van der Waals surface area contributed by atoms with Crippen LogP contribution < -0.4 is 0 Å². The number of aromatic amines is 1. The lowest BCUT2D eigenvalue weighted by molar-refractivity contribution is 0.136. The van der Waals surface area contributed by atoms with Gasteiger partial charge in [-0.2, -0.15) is 0 Å². The van der Waals surface area contributed by atoms with Gasteiger partial charge in [0.2, 0.25) is 0 Å². The fraction of sp³-hybridized carbons (Fsp3) is 0.444. The first kappa shape index (κ1) is 23.9. The van der Waals surface area contributed by atoms with Crippen molar-refractivity contribution in [1.29, 1.82) is 0 Å². The van der Waals surface area contributed by atoms with Gasteiger partial charge in [-0.05, 0) is 66.6 Å². The van der Waals surface area contributed by atoms with Crippen molar-refractivity contribution < 1.29 is 4.39 Å². The van der Waals surface area contributed by atoms with Crippen LogP contribution in [0, 0.1) is 5.92 Å². The van der Waals surface area contributed by atoms with E-state index in [-0.39, 0.29) is 5.54 Å². The molecule has 34 heavy (non-hydrogen) atoms. The van der Waals surface area contributed by atoms with Crippen molar-refractivity contribution >= 4 is 0 Å². The van der Waals surface area contributed by atoms with Crippen LogP contribution in [-0.4, -0.2) is 49.3 Å². The zero-order chi connectivity index (χ0) is 24.3. The largest absolute Gasteiger partial charge is 0.351 e. The minimum absolute atomic E-state index is 0.123.